The number of hydrogen-bond donors (Lipinski definition) is 0. The molecule has 3 fully saturated rings. The van der Waals surface area contributed by atoms with E-state index in [0.29, 0.717) is 23.8 Å². The van der Waals surface area contributed by atoms with Crippen LogP contribution >= 0.6 is 0 Å². The maximum absolute atomic E-state index is 12.7. The highest BCUT2D eigenvalue weighted by atomic mass is 16.2. The van der Waals surface area contributed by atoms with Gasteiger partial charge >= 0.3 is 0 Å². The minimum absolute atomic E-state index is 0.327. The number of nitrogens with zero attached hydrogens (tertiary/aromatic N) is 1. The number of benzene rings is 1. The molecule has 2 heteroatoms. The monoisotopic (exact) mass is 267 g/mol. The van der Waals surface area contributed by atoms with Crippen LogP contribution in [0.15, 0.2) is 36.0 Å². The van der Waals surface area contributed by atoms with Crippen LogP contribution in [0.5, 0.6) is 0 Å². The summed E-state index contributed by atoms with van der Waals surface area (Å²) in [6.45, 7) is 0. The Morgan fingerprint density at radius 1 is 1.05 bits per heavy atom. The highest BCUT2D eigenvalue weighted by molar-refractivity contribution is 5.85. The van der Waals surface area contributed by atoms with Gasteiger partial charge in [-0.3, -0.25) is 4.79 Å². The van der Waals surface area contributed by atoms with E-state index in [2.05, 4.69) is 35.2 Å². The summed E-state index contributed by atoms with van der Waals surface area (Å²) in [6.07, 6.45) is 9.39. The first-order chi connectivity index (χ1) is 9.84. The number of fused-ring (bicyclic) bond motifs is 3. The Kier molecular flexibility index (Phi) is 2.90. The zero-order valence-electron chi connectivity index (χ0n) is 11.8. The van der Waals surface area contributed by atoms with Crippen molar-refractivity contribution >= 4 is 12.0 Å². The van der Waals surface area contributed by atoms with E-state index in [1.807, 2.05) is 6.07 Å². The zero-order chi connectivity index (χ0) is 13.5. The zero-order valence-corrected chi connectivity index (χ0v) is 11.8. The van der Waals surface area contributed by atoms with Crippen LogP contribution in [-0.2, 0) is 4.79 Å². The lowest BCUT2D eigenvalue weighted by molar-refractivity contribution is -0.130. The van der Waals surface area contributed by atoms with Gasteiger partial charge < -0.3 is 4.90 Å². The molecule has 1 saturated carbocycles. The van der Waals surface area contributed by atoms with E-state index < -0.39 is 0 Å². The molecule has 4 rings (SSSR count). The van der Waals surface area contributed by atoms with Crippen LogP contribution in [0, 0.1) is 11.8 Å². The molecule has 0 spiro atoms. The Morgan fingerprint density at radius 2 is 1.85 bits per heavy atom. The molecule has 0 aromatic heterocycles. The summed E-state index contributed by atoms with van der Waals surface area (Å²) >= 11 is 0. The average molecular weight is 267 g/mol. The van der Waals surface area contributed by atoms with Gasteiger partial charge in [0, 0.05) is 17.7 Å². The molecule has 2 nitrogen and oxygen atoms in total. The summed E-state index contributed by atoms with van der Waals surface area (Å²) in [7, 11) is 0. The molecule has 0 radical (unpaired) electrons. The van der Waals surface area contributed by atoms with Gasteiger partial charge in [0.25, 0.3) is 0 Å². The quantitative estimate of drug-likeness (QED) is 0.757. The fourth-order valence-electron chi connectivity index (χ4n) is 4.46. The van der Waals surface area contributed by atoms with Crippen molar-refractivity contribution in [1.29, 1.82) is 0 Å². The highest BCUT2D eigenvalue weighted by Crippen LogP contribution is 2.48. The van der Waals surface area contributed by atoms with Gasteiger partial charge in [0.05, 0.1) is 0 Å². The van der Waals surface area contributed by atoms with Gasteiger partial charge in [-0.1, -0.05) is 43.2 Å². The molecule has 104 valence electrons. The first-order valence-corrected chi connectivity index (χ1v) is 7.93. The minimum atomic E-state index is 0.327. The van der Waals surface area contributed by atoms with Gasteiger partial charge in [-0.2, -0.15) is 0 Å². The van der Waals surface area contributed by atoms with Crippen LogP contribution in [-0.4, -0.2) is 16.8 Å². The Morgan fingerprint density at radius 3 is 2.70 bits per heavy atom. The smallest absolute Gasteiger partial charge is 0.230 e. The molecule has 1 aromatic rings. The van der Waals surface area contributed by atoms with E-state index >= 15 is 0 Å². The van der Waals surface area contributed by atoms with E-state index in [4.69, 9.17) is 0 Å². The molecular formula is C18H21NO. The first kappa shape index (κ1) is 12.2. The molecule has 1 aliphatic carbocycles. The summed E-state index contributed by atoms with van der Waals surface area (Å²) in [4.78, 5) is 14.9. The largest absolute Gasteiger partial charge is 0.313 e. The van der Waals surface area contributed by atoms with E-state index in [1.165, 1.54) is 36.9 Å². The fraction of sp³-hybridized carbons (Fsp3) is 0.500. The Labute approximate surface area is 120 Å². The lowest BCUT2D eigenvalue weighted by atomic mass is 9.77. The molecular weight excluding hydrogens is 246 g/mol. The maximum Gasteiger partial charge on any atom is 0.230 e. The van der Waals surface area contributed by atoms with Crippen LogP contribution in [0.2, 0.25) is 0 Å². The molecule has 0 unspecified atom stereocenters. The van der Waals surface area contributed by atoms with Gasteiger partial charge in [-0.15, -0.1) is 0 Å². The van der Waals surface area contributed by atoms with Crippen LogP contribution in [0.4, 0.5) is 0 Å². The van der Waals surface area contributed by atoms with E-state index in [9.17, 15) is 4.79 Å². The molecule has 2 saturated heterocycles. The summed E-state index contributed by atoms with van der Waals surface area (Å²) in [5, 5.41) is 0. The van der Waals surface area contributed by atoms with Crippen LogP contribution in [0.25, 0.3) is 6.08 Å². The number of carbonyl (C=O) groups excluding carboxylic acids is 1. The molecule has 2 aliphatic heterocycles. The number of carbonyl (C=O) groups is 1. The molecule has 1 amide bonds. The fourth-order valence-corrected chi connectivity index (χ4v) is 4.46. The summed E-state index contributed by atoms with van der Waals surface area (Å²) in [5.74, 6) is 1.38. The lowest BCUT2D eigenvalue weighted by Gasteiger charge is -2.25. The highest BCUT2D eigenvalue weighted by Gasteiger charge is 2.51. The SMILES string of the molecule is O=C1[C@H]2CCCC[C@H]2[C@H]2CC/C(=C/c3ccccc3)N12. The van der Waals surface area contributed by atoms with E-state index in [-0.39, 0.29) is 0 Å². The van der Waals surface area contributed by atoms with Gasteiger partial charge in [-0.25, -0.2) is 0 Å². The second kappa shape index (κ2) is 4.76. The van der Waals surface area contributed by atoms with Gasteiger partial charge in [0.15, 0.2) is 0 Å². The van der Waals surface area contributed by atoms with Crippen molar-refractivity contribution in [3.8, 4) is 0 Å². The van der Waals surface area contributed by atoms with Crippen molar-refractivity contribution in [2.45, 2.75) is 44.6 Å². The molecule has 2 heterocycles. The van der Waals surface area contributed by atoms with Crippen LogP contribution in [0.3, 0.4) is 0 Å². The molecule has 3 aliphatic rings. The third kappa shape index (κ3) is 1.81. The molecule has 0 N–H and O–H groups in total. The van der Waals surface area contributed by atoms with Crippen LogP contribution < -0.4 is 0 Å². The van der Waals surface area contributed by atoms with Crippen molar-refractivity contribution in [3.63, 3.8) is 0 Å². The third-order valence-corrected chi connectivity index (χ3v) is 5.34. The lowest BCUT2D eigenvalue weighted by Crippen LogP contribution is -2.27. The number of rotatable bonds is 1. The number of allylic oxidation sites excluding steroid dienone is 1. The summed E-state index contributed by atoms with van der Waals surface area (Å²) in [5.41, 5.74) is 2.46. The van der Waals surface area contributed by atoms with Crippen molar-refractivity contribution in [2.75, 3.05) is 0 Å². The van der Waals surface area contributed by atoms with Gasteiger partial charge in [0.1, 0.15) is 0 Å². The predicted molar refractivity (Wildman–Crippen MR) is 79.7 cm³/mol. The van der Waals surface area contributed by atoms with Crippen molar-refractivity contribution in [2.24, 2.45) is 11.8 Å². The minimum Gasteiger partial charge on any atom is -0.313 e. The van der Waals surface area contributed by atoms with Gasteiger partial charge in [0.2, 0.25) is 5.91 Å². The van der Waals surface area contributed by atoms with E-state index in [1.54, 1.807) is 0 Å². The standard InChI is InChI=1S/C18H21NO/c20-18-16-9-5-4-8-15(16)17-11-10-14(19(17)18)12-13-6-2-1-3-7-13/h1-3,6-7,12,15-17H,4-5,8-11H2/b14-12-/t15-,16+,17-/m1/s1. The van der Waals surface area contributed by atoms with E-state index in [0.717, 1.165) is 12.8 Å². The van der Waals surface area contributed by atoms with Gasteiger partial charge in [-0.05, 0) is 43.2 Å². The molecule has 20 heavy (non-hydrogen) atoms. The molecule has 1 aromatic carbocycles. The molecule has 3 atom stereocenters. The van der Waals surface area contributed by atoms with Crippen molar-refractivity contribution < 1.29 is 4.79 Å². The summed E-state index contributed by atoms with van der Waals surface area (Å²) in [6, 6.07) is 10.9. The Hall–Kier alpha value is -1.57. The van der Waals surface area contributed by atoms with Crippen molar-refractivity contribution in [3.05, 3.63) is 41.6 Å². The number of amides is 1. The second-order valence-electron chi connectivity index (χ2n) is 6.42. The summed E-state index contributed by atoms with van der Waals surface area (Å²) < 4.78 is 0. The third-order valence-electron chi connectivity index (χ3n) is 5.34. The van der Waals surface area contributed by atoms with Crippen molar-refractivity contribution in [1.82, 2.24) is 4.90 Å². The first-order valence-electron chi connectivity index (χ1n) is 7.93. The Balaban J connectivity index is 1.65. The second-order valence-corrected chi connectivity index (χ2v) is 6.42. The average Bonchev–Trinajstić information content (AvgIpc) is 3.02. The van der Waals surface area contributed by atoms with Crippen LogP contribution in [0.1, 0.15) is 44.1 Å². The Bertz CT molecular complexity index is 548. The topological polar surface area (TPSA) is 20.3 Å². The molecule has 0 bridgehead atoms. The predicted octanol–water partition coefficient (Wildman–Crippen LogP) is 3.84. The number of hydrogen-bond acceptors (Lipinski definition) is 1. The normalized spacial score (nSPS) is 34.4. The maximum atomic E-state index is 12.7.